The van der Waals surface area contributed by atoms with Gasteiger partial charge in [-0.15, -0.1) is 0 Å². The summed E-state index contributed by atoms with van der Waals surface area (Å²) in [4.78, 5) is 24.2. The summed E-state index contributed by atoms with van der Waals surface area (Å²) in [7, 11) is -0.240. The first-order chi connectivity index (χ1) is 12.0. The second kappa shape index (κ2) is 6.86. The molecule has 0 fully saturated rings. The molecule has 0 aliphatic heterocycles. The lowest BCUT2D eigenvalue weighted by atomic mass is 10.0. The normalized spacial score (nSPS) is 11.9. The quantitative estimate of drug-likeness (QED) is 0.775. The summed E-state index contributed by atoms with van der Waals surface area (Å²) >= 11 is 0. The molecule has 3 rings (SSSR count). The van der Waals surface area contributed by atoms with Crippen LogP contribution in [0, 0.1) is 0 Å². The molecule has 0 radical (unpaired) electrons. The third kappa shape index (κ3) is 3.04. The average molecular weight is 352 g/mol. The Balaban J connectivity index is 2.26. The minimum Gasteiger partial charge on any atom is -0.545 e. The predicted molar refractivity (Wildman–Crippen MR) is 92.8 cm³/mol. The van der Waals surface area contributed by atoms with Crippen molar-refractivity contribution in [3.05, 3.63) is 71.8 Å². The van der Waals surface area contributed by atoms with Crippen LogP contribution in [0.4, 0.5) is 0 Å². The highest BCUT2D eigenvalue weighted by Crippen LogP contribution is 2.29. The highest BCUT2D eigenvalue weighted by atomic mass is 32.2. The van der Waals surface area contributed by atoms with E-state index in [2.05, 4.69) is 5.32 Å². The van der Waals surface area contributed by atoms with Gasteiger partial charge in [0, 0.05) is 18.0 Å². The number of carboxylic acid groups (broad SMARTS) is 1. The summed E-state index contributed by atoms with van der Waals surface area (Å²) < 4.78 is 13.2. The van der Waals surface area contributed by atoms with Crippen LogP contribution in [0.5, 0.6) is 0 Å². The Morgan fingerprint density at radius 3 is 2.16 bits per heavy atom. The van der Waals surface area contributed by atoms with E-state index in [-0.39, 0.29) is 17.0 Å². The molecule has 25 heavy (non-hydrogen) atoms. The van der Waals surface area contributed by atoms with Crippen LogP contribution in [0.3, 0.4) is 0 Å². The van der Waals surface area contributed by atoms with Crippen molar-refractivity contribution in [3.8, 4) is 0 Å². The number of benzene rings is 3. The molecule has 1 N–H and O–H groups in total. The van der Waals surface area contributed by atoms with Crippen molar-refractivity contribution in [1.82, 2.24) is 5.32 Å². The number of carbonyl (C=O) groups excluding carboxylic acids is 2. The molecule has 0 spiro atoms. The molecule has 0 heterocycles. The fourth-order valence-electron chi connectivity index (χ4n) is 2.70. The van der Waals surface area contributed by atoms with Gasteiger partial charge in [0.25, 0.3) is 5.91 Å². The van der Waals surface area contributed by atoms with Crippen molar-refractivity contribution >= 4 is 33.4 Å². The number of carboxylic acids is 1. The topological polar surface area (TPSA) is 86.3 Å². The zero-order valence-electron chi connectivity index (χ0n) is 13.3. The number of fused-ring (bicyclic) bond motifs is 1. The standard InChI is InChI=1S/C19H15NO4S/c1-20-18(21)13-8-2-3-10-15(13)25(24)16-11-5-7-12-6-4-9-14(17(12)16)19(22)23/h2-11H,1H3,(H,20,21)(H,22,23)/p-1/t25-/m1/s1. The molecule has 0 aromatic heterocycles. The molecule has 1 amide bonds. The second-order valence-electron chi connectivity index (χ2n) is 5.29. The van der Waals surface area contributed by atoms with Crippen LogP contribution in [-0.4, -0.2) is 23.1 Å². The molecule has 0 aliphatic carbocycles. The number of aromatic carboxylic acids is 1. The van der Waals surface area contributed by atoms with Gasteiger partial charge in [0.2, 0.25) is 0 Å². The number of nitrogens with one attached hydrogen (secondary N) is 1. The van der Waals surface area contributed by atoms with Crippen molar-refractivity contribution in [2.45, 2.75) is 9.79 Å². The van der Waals surface area contributed by atoms with Crippen molar-refractivity contribution in [2.24, 2.45) is 0 Å². The zero-order chi connectivity index (χ0) is 18.0. The van der Waals surface area contributed by atoms with Crippen LogP contribution in [0.25, 0.3) is 10.8 Å². The Morgan fingerprint density at radius 2 is 1.48 bits per heavy atom. The van der Waals surface area contributed by atoms with Crippen LogP contribution in [0.15, 0.2) is 70.5 Å². The van der Waals surface area contributed by atoms with Crippen LogP contribution >= 0.6 is 0 Å². The van der Waals surface area contributed by atoms with Gasteiger partial charge >= 0.3 is 0 Å². The third-order valence-electron chi connectivity index (χ3n) is 3.84. The zero-order valence-corrected chi connectivity index (χ0v) is 14.1. The van der Waals surface area contributed by atoms with E-state index in [4.69, 9.17) is 0 Å². The van der Waals surface area contributed by atoms with Crippen molar-refractivity contribution in [1.29, 1.82) is 0 Å². The number of hydrogen-bond donors (Lipinski definition) is 1. The smallest absolute Gasteiger partial charge is 0.252 e. The monoisotopic (exact) mass is 352 g/mol. The van der Waals surface area contributed by atoms with Crippen LogP contribution in [0.2, 0.25) is 0 Å². The lowest BCUT2D eigenvalue weighted by molar-refractivity contribution is -0.254. The molecule has 5 nitrogen and oxygen atoms in total. The van der Waals surface area contributed by atoms with E-state index in [9.17, 15) is 18.9 Å². The van der Waals surface area contributed by atoms with Gasteiger partial charge in [-0.2, -0.15) is 0 Å². The minimum absolute atomic E-state index is 0.0288. The van der Waals surface area contributed by atoms with E-state index in [1.807, 2.05) is 0 Å². The fraction of sp³-hybridized carbons (Fsp3) is 0.0526. The fourth-order valence-corrected chi connectivity index (χ4v) is 4.12. The van der Waals surface area contributed by atoms with E-state index in [0.29, 0.717) is 20.6 Å². The Labute approximate surface area is 146 Å². The number of amides is 1. The summed E-state index contributed by atoms with van der Waals surface area (Å²) in [5, 5.41) is 15.0. The molecule has 0 aliphatic rings. The Bertz CT molecular complexity index is 1010. The van der Waals surface area contributed by atoms with Gasteiger partial charge in [-0.3, -0.25) is 4.79 Å². The van der Waals surface area contributed by atoms with Crippen molar-refractivity contribution < 1.29 is 18.9 Å². The summed E-state index contributed by atoms with van der Waals surface area (Å²) in [5.74, 6) is -1.70. The molecule has 0 bridgehead atoms. The third-order valence-corrected chi connectivity index (χ3v) is 5.34. The van der Waals surface area contributed by atoms with E-state index in [0.717, 1.165) is 0 Å². The summed E-state index contributed by atoms with van der Waals surface area (Å²) in [6.45, 7) is 0. The molecular weight excluding hydrogens is 338 g/mol. The van der Waals surface area contributed by atoms with E-state index in [1.165, 1.54) is 13.1 Å². The van der Waals surface area contributed by atoms with Gasteiger partial charge < -0.3 is 15.2 Å². The van der Waals surface area contributed by atoms with Crippen LogP contribution < -0.4 is 10.4 Å². The summed E-state index contributed by atoms with van der Waals surface area (Å²) in [6, 6.07) is 16.4. The Hall–Kier alpha value is -2.99. The second-order valence-corrected chi connectivity index (χ2v) is 6.71. The number of rotatable bonds is 4. The first-order valence-corrected chi connectivity index (χ1v) is 8.65. The molecule has 0 unspecified atom stereocenters. The van der Waals surface area contributed by atoms with Gasteiger partial charge in [-0.25, -0.2) is 4.21 Å². The van der Waals surface area contributed by atoms with E-state index >= 15 is 0 Å². The van der Waals surface area contributed by atoms with Gasteiger partial charge in [0.05, 0.1) is 32.1 Å². The highest BCUT2D eigenvalue weighted by molar-refractivity contribution is 7.85. The van der Waals surface area contributed by atoms with Gasteiger partial charge in [0.15, 0.2) is 0 Å². The maximum absolute atomic E-state index is 13.2. The van der Waals surface area contributed by atoms with Crippen LogP contribution in [-0.2, 0) is 10.8 Å². The maximum atomic E-state index is 13.2. The van der Waals surface area contributed by atoms with Crippen LogP contribution in [0.1, 0.15) is 20.7 Å². The Morgan fingerprint density at radius 1 is 0.880 bits per heavy atom. The summed E-state index contributed by atoms with van der Waals surface area (Å²) in [6.07, 6.45) is 0. The van der Waals surface area contributed by atoms with Gasteiger partial charge in [-0.05, 0) is 23.6 Å². The Kier molecular flexibility index (Phi) is 4.63. The van der Waals surface area contributed by atoms with Crippen molar-refractivity contribution in [3.63, 3.8) is 0 Å². The molecule has 0 saturated heterocycles. The molecule has 6 heteroatoms. The van der Waals surface area contributed by atoms with Gasteiger partial charge in [0.1, 0.15) is 0 Å². The van der Waals surface area contributed by atoms with E-state index < -0.39 is 16.8 Å². The maximum Gasteiger partial charge on any atom is 0.252 e. The first-order valence-electron chi connectivity index (χ1n) is 7.50. The molecule has 3 aromatic rings. The van der Waals surface area contributed by atoms with E-state index in [1.54, 1.807) is 54.6 Å². The largest absolute Gasteiger partial charge is 0.545 e. The SMILES string of the molecule is CNC(=O)c1ccccc1[S@@](=O)c1cccc2cccc(C(=O)[O-])c12. The number of carbonyl (C=O) groups is 2. The molecule has 1 atom stereocenters. The number of hydrogen-bond acceptors (Lipinski definition) is 4. The molecule has 126 valence electrons. The molecular formula is C19H14NO4S-. The average Bonchev–Trinajstić information content (AvgIpc) is 2.65. The molecule has 0 saturated carbocycles. The predicted octanol–water partition coefficient (Wildman–Crippen LogP) is 1.73. The summed E-state index contributed by atoms with van der Waals surface area (Å²) in [5.41, 5.74) is 0.255. The molecule has 3 aromatic carbocycles. The first kappa shape index (κ1) is 16.9. The van der Waals surface area contributed by atoms with Gasteiger partial charge in [-0.1, -0.05) is 42.5 Å². The van der Waals surface area contributed by atoms with Crippen molar-refractivity contribution in [2.75, 3.05) is 7.05 Å². The highest BCUT2D eigenvalue weighted by Gasteiger charge is 2.19. The lowest BCUT2D eigenvalue weighted by Gasteiger charge is -2.13. The lowest BCUT2D eigenvalue weighted by Crippen LogP contribution is -2.23. The minimum atomic E-state index is -1.73.